The first-order chi connectivity index (χ1) is 9.77. The zero-order valence-electron chi connectivity index (χ0n) is 15.8. The van der Waals surface area contributed by atoms with Gasteiger partial charge in [0.1, 0.15) is 0 Å². The Hall–Kier alpha value is -0.0800. The SMILES string of the molecule is CCC(C)C1CN(CC(C(C)C)C(C)C)C(C(C)C)CN1. The number of piperazine rings is 1. The highest BCUT2D eigenvalue weighted by molar-refractivity contribution is 4.91. The molecule has 126 valence electrons. The molecule has 0 aromatic heterocycles. The summed E-state index contributed by atoms with van der Waals surface area (Å²) in [5, 5.41) is 3.82. The first-order valence-corrected chi connectivity index (χ1v) is 9.25. The molecule has 3 unspecified atom stereocenters. The minimum Gasteiger partial charge on any atom is -0.311 e. The standard InChI is InChI=1S/C19H40N2/c1-9-16(8)18-12-21(19(10-20-18)15(6)7)11-17(13(2)3)14(4)5/h13-20H,9-12H2,1-8H3. The Balaban J connectivity index is 2.79. The predicted octanol–water partition coefficient (Wildman–Crippen LogP) is 4.26. The molecule has 1 saturated heterocycles. The van der Waals surface area contributed by atoms with Crippen LogP contribution in [0.3, 0.4) is 0 Å². The third kappa shape index (κ3) is 5.25. The largest absolute Gasteiger partial charge is 0.311 e. The average molecular weight is 297 g/mol. The summed E-state index contributed by atoms with van der Waals surface area (Å²) < 4.78 is 0. The van der Waals surface area contributed by atoms with Gasteiger partial charge in [0, 0.05) is 31.7 Å². The zero-order valence-corrected chi connectivity index (χ0v) is 15.8. The van der Waals surface area contributed by atoms with Gasteiger partial charge in [0.2, 0.25) is 0 Å². The van der Waals surface area contributed by atoms with Gasteiger partial charge in [0.15, 0.2) is 0 Å². The van der Waals surface area contributed by atoms with Gasteiger partial charge >= 0.3 is 0 Å². The molecule has 1 heterocycles. The van der Waals surface area contributed by atoms with Gasteiger partial charge in [-0.25, -0.2) is 0 Å². The van der Waals surface area contributed by atoms with Crippen LogP contribution in [0, 0.1) is 29.6 Å². The lowest BCUT2D eigenvalue weighted by Crippen LogP contribution is -2.61. The maximum absolute atomic E-state index is 3.82. The van der Waals surface area contributed by atoms with Crippen molar-refractivity contribution in [3.8, 4) is 0 Å². The molecule has 1 aliphatic rings. The highest BCUT2D eigenvalue weighted by Crippen LogP contribution is 2.26. The van der Waals surface area contributed by atoms with Crippen LogP contribution < -0.4 is 5.32 Å². The lowest BCUT2D eigenvalue weighted by molar-refractivity contribution is 0.0496. The number of hydrogen-bond acceptors (Lipinski definition) is 2. The molecule has 0 radical (unpaired) electrons. The topological polar surface area (TPSA) is 15.3 Å². The van der Waals surface area contributed by atoms with Crippen LogP contribution in [-0.2, 0) is 0 Å². The van der Waals surface area contributed by atoms with Crippen LogP contribution in [0.1, 0.15) is 61.8 Å². The lowest BCUT2D eigenvalue weighted by atomic mass is 9.83. The van der Waals surface area contributed by atoms with Crippen LogP contribution in [0.2, 0.25) is 0 Å². The van der Waals surface area contributed by atoms with Crippen molar-refractivity contribution in [2.75, 3.05) is 19.6 Å². The molecule has 0 aliphatic carbocycles. The third-order valence-electron chi connectivity index (χ3n) is 5.75. The van der Waals surface area contributed by atoms with E-state index >= 15 is 0 Å². The molecule has 0 spiro atoms. The molecule has 1 N–H and O–H groups in total. The number of nitrogens with zero attached hydrogens (tertiary/aromatic N) is 1. The first kappa shape index (κ1) is 19.0. The second-order valence-electron chi connectivity index (χ2n) is 8.32. The summed E-state index contributed by atoms with van der Waals surface area (Å²) in [4.78, 5) is 2.81. The summed E-state index contributed by atoms with van der Waals surface area (Å²) in [6.07, 6.45) is 1.27. The fourth-order valence-corrected chi connectivity index (χ4v) is 3.85. The molecule has 0 bridgehead atoms. The molecule has 1 aliphatic heterocycles. The van der Waals surface area contributed by atoms with Crippen LogP contribution in [0.5, 0.6) is 0 Å². The molecule has 3 atom stereocenters. The Bertz CT molecular complexity index is 277. The molecule has 0 amide bonds. The summed E-state index contributed by atoms with van der Waals surface area (Å²) in [5.74, 6) is 3.86. The van der Waals surface area contributed by atoms with Crippen LogP contribution >= 0.6 is 0 Å². The van der Waals surface area contributed by atoms with E-state index in [0.717, 1.165) is 36.1 Å². The summed E-state index contributed by atoms with van der Waals surface area (Å²) >= 11 is 0. The molecular weight excluding hydrogens is 256 g/mol. The number of nitrogens with one attached hydrogen (secondary N) is 1. The smallest absolute Gasteiger partial charge is 0.0244 e. The van der Waals surface area contributed by atoms with Crippen LogP contribution in [0.15, 0.2) is 0 Å². The zero-order chi connectivity index (χ0) is 16.2. The molecule has 1 rings (SSSR count). The van der Waals surface area contributed by atoms with E-state index in [1.54, 1.807) is 0 Å². The highest BCUT2D eigenvalue weighted by atomic mass is 15.2. The van der Waals surface area contributed by atoms with Crippen molar-refractivity contribution in [1.82, 2.24) is 10.2 Å². The molecule has 0 saturated carbocycles. The maximum Gasteiger partial charge on any atom is 0.0244 e. The molecule has 0 aromatic rings. The number of hydrogen-bond donors (Lipinski definition) is 1. The second kappa shape index (κ2) is 8.53. The third-order valence-corrected chi connectivity index (χ3v) is 5.75. The van der Waals surface area contributed by atoms with Crippen molar-refractivity contribution in [2.45, 2.75) is 73.9 Å². The van der Waals surface area contributed by atoms with Gasteiger partial charge in [-0.1, -0.05) is 61.8 Å². The van der Waals surface area contributed by atoms with Gasteiger partial charge < -0.3 is 5.32 Å². The fourth-order valence-electron chi connectivity index (χ4n) is 3.85. The van der Waals surface area contributed by atoms with Crippen molar-refractivity contribution in [1.29, 1.82) is 0 Å². The van der Waals surface area contributed by atoms with Crippen molar-refractivity contribution in [3.05, 3.63) is 0 Å². The summed E-state index contributed by atoms with van der Waals surface area (Å²) in [5.41, 5.74) is 0. The Morgan fingerprint density at radius 1 is 1.00 bits per heavy atom. The van der Waals surface area contributed by atoms with Crippen LogP contribution in [0.25, 0.3) is 0 Å². The second-order valence-corrected chi connectivity index (χ2v) is 8.32. The van der Waals surface area contributed by atoms with Gasteiger partial charge in [-0.05, 0) is 29.6 Å². The van der Waals surface area contributed by atoms with Crippen molar-refractivity contribution in [3.63, 3.8) is 0 Å². The summed E-state index contributed by atoms with van der Waals surface area (Å²) in [7, 11) is 0. The Labute approximate surface area is 134 Å². The lowest BCUT2D eigenvalue weighted by Gasteiger charge is -2.46. The molecule has 0 aromatic carbocycles. The Kier molecular flexibility index (Phi) is 7.70. The van der Waals surface area contributed by atoms with Gasteiger partial charge in [-0.3, -0.25) is 4.90 Å². The highest BCUT2D eigenvalue weighted by Gasteiger charge is 2.33. The van der Waals surface area contributed by atoms with E-state index in [4.69, 9.17) is 0 Å². The van der Waals surface area contributed by atoms with Gasteiger partial charge in [-0.15, -0.1) is 0 Å². The molecule has 1 fully saturated rings. The summed E-state index contributed by atoms with van der Waals surface area (Å²) in [6, 6.07) is 1.37. The van der Waals surface area contributed by atoms with E-state index < -0.39 is 0 Å². The maximum atomic E-state index is 3.82. The predicted molar refractivity (Wildman–Crippen MR) is 94.6 cm³/mol. The minimum absolute atomic E-state index is 0.671. The fraction of sp³-hybridized carbons (Fsp3) is 1.00. The molecule has 2 nitrogen and oxygen atoms in total. The molecule has 21 heavy (non-hydrogen) atoms. The number of rotatable bonds is 7. The van der Waals surface area contributed by atoms with E-state index in [1.807, 2.05) is 0 Å². The van der Waals surface area contributed by atoms with E-state index in [0.29, 0.717) is 12.1 Å². The van der Waals surface area contributed by atoms with Crippen molar-refractivity contribution in [2.24, 2.45) is 29.6 Å². The van der Waals surface area contributed by atoms with E-state index in [2.05, 4.69) is 65.6 Å². The van der Waals surface area contributed by atoms with Crippen LogP contribution in [0.4, 0.5) is 0 Å². The van der Waals surface area contributed by atoms with Crippen LogP contribution in [-0.4, -0.2) is 36.6 Å². The van der Waals surface area contributed by atoms with E-state index in [-0.39, 0.29) is 0 Å². The van der Waals surface area contributed by atoms with Crippen molar-refractivity contribution >= 4 is 0 Å². The van der Waals surface area contributed by atoms with Gasteiger partial charge in [-0.2, -0.15) is 0 Å². The normalized spacial score (nSPS) is 26.3. The summed E-state index contributed by atoms with van der Waals surface area (Å²) in [6.45, 7) is 22.7. The van der Waals surface area contributed by atoms with Crippen molar-refractivity contribution < 1.29 is 0 Å². The quantitative estimate of drug-likeness (QED) is 0.755. The van der Waals surface area contributed by atoms with Gasteiger partial charge in [0.25, 0.3) is 0 Å². The van der Waals surface area contributed by atoms with E-state index in [9.17, 15) is 0 Å². The van der Waals surface area contributed by atoms with Gasteiger partial charge in [0.05, 0.1) is 0 Å². The average Bonchev–Trinajstić information content (AvgIpc) is 2.42. The Morgan fingerprint density at radius 3 is 2.00 bits per heavy atom. The molecule has 2 heteroatoms. The Morgan fingerprint density at radius 2 is 1.57 bits per heavy atom. The van der Waals surface area contributed by atoms with E-state index in [1.165, 1.54) is 19.5 Å². The minimum atomic E-state index is 0.671. The first-order valence-electron chi connectivity index (χ1n) is 9.25. The monoisotopic (exact) mass is 296 g/mol. The molecular formula is C19H40N2.